The first kappa shape index (κ1) is 14.2. The summed E-state index contributed by atoms with van der Waals surface area (Å²) >= 11 is 0. The zero-order chi connectivity index (χ0) is 13.5. The van der Waals surface area contributed by atoms with Crippen molar-refractivity contribution in [1.82, 2.24) is 5.48 Å². The van der Waals surface area contributed by atoms with E-state index in [-0.39, 0.29) is 12.5 Å². The van der Waals surface area contributed by atoms with Crippen molar-refractivity contribution < 1.29 is 14.4 Å². The van der Waals surface area contributed by atoms with E-state index in [1.54, 1.807) is 19.1 Å². The van der Waals surface area contributed by atoms with Gasteiger partial charge in [0.05, 0.1) is 0 Å². The highest BCUT2D eigenvalue weighted by atomic mass is 16.6. The predicted molar refractivity (Wildman–Crippen MR) is 67.6 cm³/mol. The molecule has 0 saturated heterocycles. The molecule has 0 radical (unpaired) electrons. The lowest BCUT2D eigenvalue weighted by molar-refractivity contribution is -0.134. The molecule has 0 atom stereocenters. The zero-order valence-electron chi connectivity index (χ0n) is 10.7. The second-order valence-electron chi connectivity index (χ2n) is 3.83. The molecular formula is C13H18N2O3. The standard InChI is InChI=1S/C13H18N2O3/c1-3-9-6-5-7-10(13(14)17)11(9)8-18-15-12(16)4-2/h5-7H,3-4,8H2,1-2H3,(H2,14,17)(H,15,16). The van der Waals surface area contributed by atoms with Crippen LogP contribution in [-0.2, 0) is 22.7 Å². The highest BCUT2D eigenvalue weighted by Crippen LogP contribution is 2.16. The Morgan fingerprint density at radius 2 is 2.06 bits per heavy atom. The third kappa shape index (κ3) is 3.56. The van der Waals surface area contributed by atoms with Crippen molar-refractivity contribution in [3.63, 3.8) is 0 Å². The van der Waals surface area contributed by atoms with Crippen molar-refractivity contribution in [1.29, 1.82) is 0 Å². The second-order valence-corrected chi connectivity index (χ2v) is 3.83. The number of carbonyl (C=O) groups excluding carboxylic acids is 2. The molecule has 0 fully saturated rings. The van der Waals surface area contributed by atoms with Crippen LogP contribution in [0, 0.1) is 0 Å². The van der Waals surface area contributed by atoms with Crippen LogP contribution in [0.2, 0.25) is 0 Å². The van der Waals surface area contributed by atoms with Crippen LogP contribution in [0.4, 0.5) is 0 Å². The Labute approximate surface area is 106 Å². The Kier molecular flexibility index (Phi) is 5.32. The number of aryl methyl sites for hydroxylation is 1. The van der Waals surface area contributed by atoms with E-state index in [2.05, 4.69) is 5.48 Å². The molecular weight excluding hydrogens is 232 g/mol. The van der Waals surface area contributed by atoms with Gasteiger partial charge in [-0.2, -0.15) is 0 Å². The summed E-state index contributed by atoms with van der Waals surface area (Å²) in [5, 5.41) is 0. The van der Waals surface area contributed by atoms with Gasteiger partial charge in [0.15, 0.2) is 0 Å². The molecule has 0 aliphatic rings. The molecule has 0 saturated carbocycles. The molecule has 0 bridgehead atoms. The SMILES string of the molecule is CCC(=O)NOCc1c(CC)cccc1C(N)=O. The van der Waals surface area contributed by atoms with Crippen molar-refractivity contribution in [3.05, 3.63) is 34.9 Å². The van der Waals surface area contributed by atoms with Gasteiger partial charge in [0.1, 0.15) is 6.61 Å². The molecule has 1 aromatic rings. The summed E-state index contributed by atoms with van der Waals surface area (Å²) in [4.78, 5) is 27.5. The average molecular weight is 250 g/mol. The van der Waals surface area contributed by atoms with E-state index in [9.17, 15) is 9.59 Å². The van der Waals surface area contributed by atoms with E-state index >= 15 is 0 Å². The fourth-order valence-electron chi connectivity index (χ4n) is 1.63. The molecule has 18 heavy (non-hydrogen) atoms. The van der Waals surface area contributed by atoms with Crippen LogP contribution in [-0.4, -0.2) is 11.8 Å². The van der Waals surface area contributed by atoms with Crippen LogP contribution in [0.25, 0.3) is 0 Å². The van der Waals surface area contributed by atoms with Gasteiger partial charge >= 0.3 is 0 Å². The fourth-order valence-corrected chi connectivity index (χ4v) is 1.63. The lowest BCUT2D eigenvalue weighted by atomic mass is 9.99. The Morgan fingerprint density at radius 3 is 2.61 bits per heavy atom. The third-order valence-corrected chi connectivity index (χ3v) is 2.64. The number of amides is 2. The van der Waals surface area contributed by atoms with Crippen LogP contribution in [0.1, 0.15) is 41.8 Å². The van der Waals surface area contributed by atoms with Gasteiger partial charge in [0, 0.05) is 12.0 Å². The summed E-state index contributed by atoms with van der Waals surface area (Å²) in [5.41, 5.74) is 9.76. The van der Waals surface area contributed by atoms with Crippen molar-refractivity contribution >= 4 is 11.8 Å². The van der Waals surface area contributed by atoms with E-state index in [1.807, 2.05) is 13.0 Å². The molecule has 1 rings (SSSR count). The normalized spacial score (nSPS) is 10.1. The van der Waals surface area contributed by atoms with E-state index in [0.717, 1.165) is 17.5 Å². The number of benzene rings is 1. The van der Waals surface area contributed by atoms with Crippen LogP contribution in [0.3, 0.4) is 0 Å². The maximum Gasteiger partial charge on any atom is 0.249 e. The van der Waals surface area contributed by atoms with Gasteiger partial charge < -0.3 is 5.73 Å². The first-order valence-electron chi connectivity index (χ1n) is 5.91. The van der Waals surface area contributed by atoms with E-state index < -0.39 is 5.91 Å². The number of primary amides is 1. The lowest BCUT2D eigenvalue weighted by Gasteiger charge is -2.12. The molecule has 0 heterocycles. The van der Waals surface area contributed by atoms with Gasteiger partial charge in [-0.25, -0.2) is 5.48 Å². The minimum absolute atomic E-state index is 0.133. The number of hydrogen-bond acceptors (Lipinski definition) is 3. The number of nitrogens with one attached hydrogen (secondary N) is 1. The third-order valence-electron chi connectivity index (χ3n) is 2.64. The van der Waals surface area contributed by atoms with Gasteiger partial charge in [0.2, 0.25) is 11.8 Å². The average Bonchev–Trinajstić information content (AvgIpc) is 2.38. The number of hydroxylamine groups is 1. The minimum atomic E-state index is -0.495. The summed E-state index contributed by atoms with van der Waals surface area (Å²) in [6.45, 7) is 3.84. The maximum absolute atomic E-state index is 11.3. The summed E-state index contributed by atoms with van der Waals surface area (Å²) in [6, 6.07) is 5.35. The zero-order valence-corrected chi connectivity index (χ0v) is 10.7. The van der Waals surface area contributed by atoms with Gasteiger partial charge in [-0.05, 0) is 23.6 Å². The molecule has 0 unspecified atom stereocenters. The van der Waals surface area contributed by atoms with Gasteiger partial charge in [-0.15, -0.1) is 0 Å². The van der Waals surface area contributed by atoms with E-state index in [1.165, 1.54) is 0 Å². The fraction of sp³-hybridized carbons (Fsp3) is 0.385. The monoisotopic (exact) mass is 250 g/mol. The molecule has 98 valence electrons. The van der Waals surface area contributed by atoms with Crippen LogP contribution < -0.4 is 11.2 Å². The summed E-state index contributed by atoms with van der Waals surface area (Å²) in [6.07, 6.45) is 1.11. The maximum atomic E-state index is 11.3. The number of rotatable bonds is 6. The number of carbonyl (C=O) groups is 2. The molecule has 5 nitrogen and oxygen atoms in total. The molecule has 0 spiro atoms. The number of hydrogen-bond donors (Lipinski definition) is 2. The summed E-state index contributed by atoms with van der Waals surface area (Å²) in [5.74, 6) is -0.699. The van der Waals surface area contributed by atoms with Crippen molar-refractivity contribution in [2.45, 2.75) is 33.3 Å². The molecule has 2 amide bonds. The van der Waals surface area contributed by atoms with E-state index in [4.69, 9.17) is 10.6 Å². The molecule has 3 N–H and O–H groups in total. The Balaban J connectivity index is 2.84. The summed E-state index contributed by atoms with van der Waals surface area (Å²) in [7, 11) is 0. The van der Waals surface area contributed by atoms with E-state index in [0.29, 0.717) is 12.0 Å². The predicted octanol–water partition coefficient (Wildman–Crippen LogP) is 1.31. The first-order valence-corrected chi connectivity index (χ1v) is 5.91. The molecule has 0 aliphatic carbocycles. The van der Waals surface area contributed by atoms with Crippen molar-refractivity contribution in [2.75, 3.05) is 0 Å². The largest absolute Gasteiger partial charge is 0.366 e. The minimum Gasteiger partial charge on any atom is -0.366 e. The Morgan fingerprint density at radius 1 is 1.33 bits per heavy atom. The highest BCUT2D eigenvalue weighted by Gasteiger charge is 2.12. The Hall–Kier alpha value is -1.88. The van der Waals surface area contributed by atoms with Crippen LogP contribution in [0.5, 0.6) is 0 Å². The number of nitrogens with two attached hydrogens (primary N) is 1. The molecule has 1 aromatic carbocycles. The highest BCUT2D eigenvalue weighted by molar-refractivity contribution is 5.94. The smallest absolute Gasteiger partial charge is 0.249 e. The van der Waals surface area contributed by atoms with Crippen LogP contribution >= 0.6 is 0 Å². The molecule has 0 aromatic heterocycles. The topological polar surface area (TPSA) is 81.4 Å². The van der Waals surface area contributed by atoms with Crippen LogP contribution in [0.15, 0.2) is 18.2 Å². The first-order chi connectivity index (χ1) is 8.60. The van der Waals surface area contributed by atoms with Gasteiger partial charge in [-0.3, -0.25) is 14.4 Å². The quantitative estimate of drug-likeness (QED) is 0.747. The lowest BCUT2D eigenvalue weighted by Crippen LogP contribution is -2.24. The molecule has 5 heteroatoms. The Bertz CT molecular complexity index is 444. The van der Waals surface area contributed by atoms with Crippen molar-refractivity contribution in [2.24, 2.45) is 5.73 Å². The second kappa shape index (κ2) is 6.76. The van der Waals surface area contributed by atoms with Gasteiger partial charge in [0.25, 0.3) is 0 Å². The van der Waals surface area contributed by atoms with Crippen molar-refractivity contribution in [3.8, 4) is 0 Å². The summed E-state index contributed by atoms with van der Waals surface area (Å²) < 4.78 is 0. The van der Waals surface area contributed by atoms with Gasteiger partial charge in [-0.1, -0.05) is 26.0 Å². The molecule has 0 aliphatic heterocycles.